The largest absolute Gasteiger partial charge is 0.361 e. The maximum atomic E-state index is 12.3. The Bertz CT molecular complexity index is 938. The number of fused-ring (bicyclic) bond motifs is 1. The molecule has 1 aliphatic rings. The topological polar surface area (TPSA) is 85.9 Å². The molecule has 0 aliphatic carbocycles. The van der Waals surface area contributed by atoms with Crippen molar-refractivity contribution in [3.8, 4) is 0 Å². The summed E-state index contributed by atoms with van der Waals surface area (Å²) in [5.41, 5.74) is 2.78. The van der Waals surface area contributed by atoms with E-state index >= 15 is 0 Å². The zero-order chi connectivity index (χ0) is 18.8. The molecule has 0 atom stereocenters. The second-order valence-electron chi connectivity index (χ2n) is 7.05. The van der Waals surface area contributed by atoms with Crippen LogP contribution in [0.1, 0.15) is 24.4 Å². The van der Waals surface area contributed by atoms with Crippen LogP contribution in [0.5, 0.6) is 0 Å². The van der Waals surface area contributed by atoms with Gasteiger partial charge in [0.05, 0.1) is 0 Å². The molecule has 1 aliphatic heterocycles. The highest BCUT2D eigenvalue weighted by Crippen LogP contribution is 2.20. The first-order chi connectivity index (χ1) is 13.1. The summed E-state index contributed by atoms with van der Waals surface area (Å²) in [6.45, 7) is 5.64. The molecule has 3 N–H and O–H groups in total. The number of aryl methyl sites for hydroxylation is 2. The van der Waals surface area contributed by atoms with Crippen molar-refractivity contribution < 1.29 is 4.79 Å². The Kier molecular flexibility index (Phi) is 4.66. The molecule has 1 saturated heterocycles. The van der Waals surface area contributed by atoms with Gasteiger partial charge in [-0.3, -0.25) is 0 Å². The van der Waals surface area contributed by atoms with Crippen molar-refractivity contribution in [2.45, 2.75) is 32.7 Å². The molecule has 0 radical (unpaired) electrons. The number of hydrogen-bond acceptors (Lipinski definition) is 4. The fraction of sp³-hybridized carbons (Fsp3) is 0.350. The highest BCUT2D eigenvalue weighted by molar-refractivity contribution is 5.92. The predicted molar refractivity (Wildman–Crippen MR) is 107 cm³/mol. The summed E-state index contributed by atoms with van der Waals surface area (Å²) >= 11 is 0. The fourth-order valence-corrected chi connectivity index (χ4v) is 3.59. The third kappa shape index (κ3) is 4.02. The van der Waals surface area contributed by atoms with E-state index in [0.717, 1.165) is 59.9 Å². The molecule has 1 fully saturated rings. The van der Waals surface area contributed by atoms with Crippen LogP contribution in [0.4, 0.5) is 16.3 Å². The summed E-state index contributed by atoms with van der Waals surface area (Å²) in [6.07, 6.45) is 3.68. The van der Waals surface area contributed by atoms with E-state index in [2.05, 4.69) is 30.5 Å². The van der Waals surface area contributed by atoms with Crippen molar-refractivity contribution in [1.82, 2.24) is 20.3 Å². The van der Waals surface area contributed by atoms with E-state index in [4.69, 9.17) is 0 Å². The molecule has 0 unspecified atom stereocenters. The molecule has 0 saturated carbocycles. The van der Waals surface area contributed by atoms with Gasteiger partial charge in [-0.1, -0.05) is 6.07 Å². The molecule has 0 spiro atoms. The summed E-state index contributed by atoms with van der Waals surface area (Å²) in [5, 5.41) is 7.14. The zero-order valence-electron chi connectivity index (χ0n) is 15.6. The Balaban J connectivity index is 1.31. The first-order valence-corrected chi connectivity index (χ1v) is 9.29. The molecule has 27 heavy (non-hydrogen) atoms. The second-order valence-corrected chi connectivity index (χ2v) is 7.05. The van der Waals surface area contributed by atoms with Gasteiger partial charge in [-0.25, -0.2) is 14.8 Å². The number of nitrogens with zero attached hydrogens (tertiary/aromatic N) is 3. The van der Waals surface area contributed by atoms with Crippen LogP contribution in [0.3, 0.4) is 0 Å². The van der Waals surface area contributed by atoms with E-state index in [0.29, 0.717) is 0 Å². The molecular weight excluding hydrogens is 340 g/mol. The van der Waals surface area contributed by atoms with E-state index < -0.39 is 0 Å². The van der Waals surface area contributed by atoms with Gasteiger partial charge >= 0.3 is 6.03 Å². The van der Waals surface area contributed by atoms with E-state index in [-0.39, 0.29) is 12.1 Å². The zero-order valence-corrected chi connectivity index (χ0v) is 15.6. The van der Waals surface area contributed by atoms with E-state index in [1.807, 2.05) is 50.4 Å². The number of hydrogen-bond donors (Lipinski definition) is 3. The first kappa shape index (κ1) is 17.3. The van der Waals surface area contributed by atoms with Gasteiger partial charge < -0.3 is 20.5 Å². The lowest BCUT2D eigenvalue weighted by Gasteiger charge is -2.33. The van der Waals surface area contributed by atoms with Crippen molar-refractivity contribution in [2.75, 3.05) is 23.3 Å². The van der Waals surface area contributed by atoms with Crippen molar-refractivity contribution in [3.63, 3.8) is 0 Å². The number of aromatic amines is 1. The standard InChI is InChI=1S/C20H24N6O/c1-13-11-19(23-14(2)22-13)26-9-6-16(7-10-26)24-20(27)25-17-4-3-15-5-8-21-18(15)12-17/h3-5,8,11-12,16,21H,6-7,9-10H2,1-2H3,(H2,24,25,27). The fourth-order valence-electron chi connectivity index (χ4n) is 3.59. The third-order valence-corrected chi connectivity index (χ3v) is 4.92. The van der Waals surface area contributed by atoms with Crippen LogP contribution in [-0.4, -0.2) is 40.1 Å². The average Bonchev–Trinajstić information content (AvgIpc) is 3.09. The number of H-pyrrole nitrogens is 1. The third-order valence-electron chi connectivity index (χ3n) is 4.92. The average molecular weight is 364 g/mol. The lowest BCUT2D eigenvalue weighted by atomic mass is 10.1. The lowest BCUT2D eigenvalue weighted by molar-refractivity contribution is 0.246. The summed E-state index contributed by atoms with van der Waals surface area (Å²) in [6, 6.07) is 9.88. The highest BCUT2D eigenvalue weighted by atomic mass is 16.2. The number of anilines is 2. The van der Waals surface area contributed by atoms with E-state index in [9.17, 15) is 4.79 Å². The lowest BCUT2D eigenvalue weighted by Crippen LogP contribution is -2.46. The van der Waals surface area contributed by atoms with Crippen LogP contribution in [-0.2, 0) is 0 Å². The van der Waals surface area contributed by atoms with Crippen LogP contribution in [0.25, 0.3) is 10.9 Å². The first-order valence-electron chi connectivity index (χ1n) is 9.29. The van der Waals surface area contributed by atoms with Gasteiger partial charge in [0.25, 0.3) is 0 Å². The van der Waals surface area contributed by atoms with E-state index in [1.165, 1.54) is 0 Å². The number of nitrogens with one attached hydrogen (secondary N) is 3. The molecule has 1 aromatic carbocycles. The molecule has 2 aromatic heterocycles. The van der Waals surface area contributed by atoms with E-state index in [1.54, 1.807) is 0 Å². The van der Waals surface area contributed by atoms with Crippen LogP contribution in [0, 0.1) is 13.8 Å². The molecule has 3 heterocycles. The Hall–Kier alpha value is -3.09. The highest BCUT2D eigenvalue weighted by Gasteiger charge is 2.22. The van der Waals surface area contributed by atoms with Gasteiger partial charge in [-0.2, -0.15) is 0 Å². The second kappa shape index (κ2) is 7.26. The number of urea groups is 1. The minimum Gasteiger partial charge on any atom is -0.361 e. The number of carbonyl (C=O) groups is 1. The van der Waals surface area contributed by atoms with Crippen molar-refractivity contribution in [2.24, 2.45) is 0 Å². The minimum absolute atomic E-state index is 0.159. The Labute approximate surface area is 158 Å². The number of piperidine rings is 1. The van der Waals surface area contributed by atoms with Gasteiger partial charge in [0.2, 0.25) is 0 Å². The molecule has 0 bridgehead atoms. The van der Waals surface area contributed by atoms with Crippen LogP contribution in [0.2, 0.25) is 0 Å². The monoisotopic (exact) mass is 364 g/mol. The quantitative estimate of drug-likeness (QED) is 0.665. The maximum absolute atomic E-state index is 12.3. The van der Waals surface area contributed by atoms with Gasteiger partial charge in [-0.15, -0.1) is 0 Å². The van der Waals surface area contributed by atoms with Crippen LogP contribution >= 0.6 is 0 Å². The SMILES string of the molecule is Cc1cc(N2CCC(NC(=O)Nc3ccc4cc[nH]c4c3)CC2)nc(C)n1. The number of benzene rings is 1. The normalized spacial score (nSPS) is 15.1. The Morgan fingerprint density at radius 1 is 1.15 bits per heavy atom. The smallest absolute Gasteiger partial charge is 0.319 e. The molecule has 7 heteroatoms. The predicted octanol–water partition coefficient (Wildman–Crippen LogP) is 3.37. The molecule has 2 amide bonds. The molecule has 4 rings (SSSR count). The number of carbonyl (C=O) groups excluding carboxylic acids is 1. The number of amides is 2. The van der Waals surface area contributed by atoms with Gasteiger partial charge in [-0.05, 0) is 50.3 Å². The molecular formula is C20H24N6O. The maximum Gasteiger partial charge on any atom is 0.319 e. The van der Waals surface area contributed by atoms with Crippen molar-refractivity contribution in [1.29, 1.82) is 0 Å². The summed E-state index contributed by atoms with van der Waals surface area (Å²) in [4.78, 5) is 26.6. The van der Waals surface area contributed by atoms with Gasteiger partial charge in [0.15, 0.2) is 0 Å². The Morgan fingerprint density at radius 3 is 2.74 bits per heavy atom. The van der Waals surface area contributed by atoms with Crippen molar-refractivity contribution >= 4 is 28.4 Å². The van der Waals surface area contributed by atoms with Crippen LogP contribution < -0.4 is 15.5 Å². The summed E-state index contributed by atoms with van der Waals surface area (Å²) < 4.78 is 0. The van der Waals surface area contributed by atoms with Gasteiger partial charge in [0, 0.05) is 48.3 Å². The minimum atomic E-state index is -0.159. The summed E-state index contributed by atoms with van der Waals surface area (Å²) in [7, 11) is 0. The molecule has 7 nitrogen and oxygen atoms in total. The van der Waals surface area contributed by atoms with Crippen LogP contribution in [0.15, 0.2) is 36.5 Å². The Morgan fingerprint density at radius 2 is 1.96 bits per heavy atom. The molecule has 3 aromatic rings. The molecule has 140 valence electrons. The van der Waals surface area contributed by atoms with Gasteiger partial charge in [0.1, 0.15) is 11.6 Å². The summed E-state index contributed by atoms with van der Waals surface area (Å²) in [5.74, 6) is 1.77. The number of rotatable bonds is 3. The van der Waals surface area contributed by atoms with Crippen molar-refractivity contribution in [3.05, 3.63) is 48.0 Å². The number of aromatic nitrogens is 3.